The van der Waals surface area contributed by atoms with E-state index in [1.807, 2.05) is 6.07 Å². The summed E-state index contributed by atoms with van der Waals surface area (Å²) in [6, 6.07) is 15.9. The van der Waals surface area contributed by atoms with Gasteiger partial charge in [0.05, 0.1) is 0 Å². The summed E-state index contributed by atoms with van der Waals surface area (Å²) in [5, 5.41) is 12.1. The van der Waals surface area contributed by atoms with E-state index in [1.165, 1.54) is 42.3 Å². The fourth-order valence-corrected chi connectivity index (χ4v) is 5.46. The monoisotopic (exact) mass is 407 g/mol. The molecule has 5 nitrogen and oxygen atoms in total. The Hall–Kier alpha value is -1.92. The van der Waals surface area contributed by atoms with Gasteiger partial charge < -0.3 is 14.4 Å². The van der Waals surface area contributed by atoms with Crippen LogP contribution in [0, 0.1) is 0 Å². The van der Waals surface area contributed by atoms with Crippen molar-refractivity contribution in [3.8, 4) is 0 Å². The van der Waals surface area contributed by atoms with Crippen molar-refractivity contribution in [1.29, 1.82) is 0 Å². The minimum atomic E-state index is 0.265. The number of nitrogens with zero attached hydrogens (tertiary/aromatic N) is 3. The smallest absolute Gasteiger partial charge is 0.139 e. The van der Waals surface area contributed by atoms with E-state index in [0.29, 0.717) is 12.1 Å². The van der Waals surface area contributed by atoms with Gasteiger partial charge in [0.15, 0.2) is 0 Å². The van der Waals surface area contributed by atoms with Crippen molar-refractivity contribution in [3.63, 3.8) is 0 Å². The molecule has 2 saturated heterocycles. The molecule has 0 saturated carbocycles. The lowest BCUT2D eigenvalue weighted by Crippen LogP contribution is -2.58. The molecule has 0 spiro atoms. The molecule has 3 aromatic rings. The van der Waals surface area contributed by atoms with Crippen molar-refractivity contribution in [2.45, 2.75) is 37.9 Å². The van der Waals surface area contributed by atoms with E-state index in [-0.39, 0.29) is 6.61 Å². The second-order valence-corrected chi connectivity index (χ2v) is 9.07. The third kappa shape index (κ3) is 3.87. The molecule has 1 aromatic heterocycles. The van der Waals surface area contributed by atoms with E-state index in [2.05, 4.69) is 58.1 Å². The second-order valence-electron chi connectivity index (χ2n) is 9.07. The number of hydrogen-bond donors (Lipinski definition) is 1. The first-order valence-corrected chi connectivity index (χ1v) is 11.4. The first kappa shape index (κ1) is 20.0. The van der Waals surface area contributed by atoms with Crippen LogP contribution in [-0.4, -0.2) is 78.3 Å². The molecule has 0 amide bonds. The Morgan fingerprint density at radius 2 is 1.77 bits per heavy atom. The number of benzene rings is 2. The summed E-state index contributed by atoms with van der Waals surface area (Å²) in [5.74, 6) is 0. The maximum atomic E-state index is 9.71. The lowest BCUT2D eigenvalue weighted by atomic mass is 9.98. The molecule has 5 rings (SSSR count). The van der Waals surface area contributed by atoms with Gasteiger partial charge >= 0.3 is 0 Å². The molecule has 0 radical (unpaired) electrons. The summed E-state index contributed by atoms with van der Waals surface area (Å²) < 4.78 is 6.24. The molecular formula is C25H33N3O2. The Labute approximate surface area is 178 Å². The second kappa shape index (κ2) is 8.67. The number of furan rings is 1. The topological polar surface area (TPSA) is 43.1 Å². The lowest BCUT2D eigenvalue weighted by molar-refractivity contribution is 0.00605. The maximum absolute atomic E-state index is 9.71. The Balaban J connectivity index is 1.33. The Morgan fingerprint density at radius 1 is 0.967 bits per heavy atom. The normalized spacial score (nSPS) is 22.9. The highest BCUT2D eigenvalue weighted by Crippen LogP contribution is 2.32. The average molecular weight is 408 g/mol. The molecule has 0 aliphatic carbocycles. The molecule has 1 N–H and O–H groups in total. The number of rotatable bonds is 5. The Bertz CT molecular complexity index is 992. The van der Waals surface area contributed by atoms with Gasteiger partial charge in [-0.1, -0.05) is 36.4 Å². The molecule has 0 bridgehead atoms. The fourth-order valence-electron chi connectivity index (χ4n) is 5.46. The third-order valence-electron chi connectivity index (χ3n) is 7.11. The first-order chi connectivity index (χ1) is 14.7. The molecule has 2 aliphatic heterocycles. The van der Waals surface area contributed by atoms with Crippen LogP contribution in [0.1, 0.15) is 24.8 Å². The van der Waals surface area contributed by atoms with E-state index in [9.17, 15) is 5.11 Å². The van der Waals surface area contributed by atoms with Crippen molar-refractivity contribution in [3.05, 3.63) is 48.0 Å². The lowest BCUT2D eigenvalue weighted by Gasteiger charge is -2.47. The highest BCUT2D eigenvalue weighted by Gasteiger charge is 2.33. The number of likely N-dealkylation sites (tertiary alicyclic amines) is 1. The molecular weight excluding hydrogens is 374 g/mol. The highest BCUT2D eigenvalue weighted by molar-refractivity contribution is 6.05. The zero-order valence-corrected chi connectivity index (χ0v) is 18.0. The summed E-state index contributed by atoms with van der Waals surface area (Å²) >= 11 is 0. The summed E-state index contributed by atoms with van der Waals surface area (Å²) in [4.78, 5) is 7.68. The van der Waals surface area contributed by atoms with Crippen LogP contribution in [-0.2, 0) is 6.54 Å². The van der Waals surface area contributed by atoms with E-state index < -0.39 is 0 Å². The van der Waals surface area contributed by atoms with Gasteiger partial charge in [-0.25, -0.2) is 0 Å². The molecule has 2 fully saturated rings. The van der Waals surface area contributed by atoms with Gasteiger partial charge in [-0.05, 0) is 45.5 Å². The number of para-hydroxylation sites is 2. The van der Waals surface area contributed by atoms with Crippen molar-refractivity contribution < 1.29 is 9.52 Å². The number of piperidine rings is 1. The van der Waals surface area contributed by atoms with Crippen molar-refractivity contribution in [2.75, 3.05) is 46.4 Å². The van der Waals surface area contributed by atoms with Crippen LogP contribution >= 0.6 is 0 Å². The maximum Gasteiger partial charge on any atom is 0.139 e. The number of aliphatic hydroxyl groups excluding tert-OH is 1. The zero-order valence-electron chi connectivity index (χ0n) is 18.0. The van der Waals surface area contributed by atoms with Crippen LogP contribution < -0.4 is 0 Å². The summed E-state index contributed by atoms with van der Waals surface area (Å²) in [6.45, 7) is 6.72. The predicted octanol–water partition coefficient (Wildman–Crippen LogP) is 3.55. The van der Waals surface area contributed by atoms with E-state index in [1.54, 1.807) is 0 Å². The van der Waals surface area contributed by atoms with Crippen LogP contribution in [0.5, 0.6) is 0 Å². The van der Waals surface area contributed by atoms with Gasteiger partial charge in [0.25, 0.3) is 0 Å². The van der Waals surface area contributed by atoms with Gasteiger partial charge in [0.2, 0.25) is 0 Å². The third-order valence-corrected chi connectivity index (χ3v) is 7.11. The Morgan fingerprint density at radius 3 is 2.60 bits per heavy atom. The molecule has 1 atom stereocenters. The standard InChI is InChI=1S/C25H33N3O2/c1-26-12-9-20(10-13-26)28-15-14-27(18-21(28)11-16-29)17-19-5-4-7-23-22-6-2-3-8-24(22)30-25(19)23/h2-8,20-21,29H,9-18H2,1H3/t21-/m1/s1. The average Bonchev–Trinajstić information content (AvgIpc) is 3.15. The number of fused-ring (bicyclic) bond motifs is 3. The van der Waals surface area contributed by atoms with Crippen LogP contribution in [0.15, 0.2) is 46.9 Å². The number of hydrogen-bond acceptors (Lipinski definition) is 5. The SMILES string of the molecule is CN1CCC(N2CCN(Cc3cccc4c3oc3ccccc34)C[C@H]2CCO)CC1. The van der Waals surface area contributed by atoms with Crippen molar-refractivity contribution >= 4 is 21.9 Å². The molecule has 0 unspecified atom stereocenters. The highest BCUT2D eigenvalue weighted by atomic mass is 16.3. The van der Waals surface area contributed by atoms with E-state index >= 15 is 0 Å². The first-order valence-electron chi connectivity index (χ1n) is 11.4. The Kier molecular flexibility index (Phi) is 5.79. The van der Waals surface area contributed by atoms with Crippen LogP contribution in [0.3, 0.4) is 0 Å². The van der Waals surface area contributed by atoms with Gasteiger partial charge in [0.1, 0.15) is 11.2 Å². The largest absolute Gasteiger partial charge is 0.456 e. The number of piperazine rings is 1. The summed E-state index contributed by atoms with van der Waals surface area (Å²) in [7, 11) is 2.22. The summed E-state index contributed by atoms with van der Waals surface area (Å²) in [6.07, 6.45) is 3.35. The fraction of sp³-hybridized carbons (Fsp3) is 0.520. The van der Waals surface area contributed by atoms with Gasteiger partial charge in [-0.2, -0.15) is 0 Å². The molecule has 3 heterocycles. The van der Waals surface area contributed by atoms with Crippen LogP contribution in [0.2, 0.25) is 0 Å². The zero-order chi connectivity index (χ0) is 20.5. The molecule has 2 aromatic carbocycles. The van der Waals surface area contributed by atoms with Gasteiger partial charge in [-0.15, -0.1) is 0 Å². The van der Waals surface area contributed by atoms with Crippen LogP contribution in [0.4, 0.5) is 0 Å². The van der Waals surface area contributed by atoms with Gasteiger partial charge in [-0.3, -0.25) is 9.80 Å². The molecule has 2 aliphatic rings. The van der Waals surface area contributed by atoms with Gasteiger partial charge in [0, 0.05) is 61.2 Å². The van der Waals surface area contributed by atoms with Crippen LogP contribution in [0.25, 0.3) is 21.9 Å². The van der Waals surface area contributed by atoms with Crippen molar-refractivity contribution in [1.82, 2.24) is 14.7 Å². The van der Waals surface area contributed by atoms with Crippen molar-refractivity contribution in [2.24, 2.45) is 0 Å². The minimum Gasteiger partial charge on any atom is -0.456 e. The van der Waals surface area contributed by atoms with E-state index in [0.717, 1.165) is 43.8 Å². The molecule has 5 heteroatoms. The summed E-state index contributed by atoms with van der Waals surface area (Å²) in [5.41, 5.74) is 3.25. The molecule has 30 heavy (non-hydrogen) atoms. The predicted molar refractivity (Wildman–Crippen MR) is 122 cm³/mol. The quantitative estimate of drug-likeness (QED) is 0.701. The van der Waals surface area contributed by atoms with E-state index in [4.69, 9.17) is 4.42 Å². The number of aliphatic hydroxyl groups is 1. The minimum absolute atomic E-state index is 0.265. The molecule has 160 valence electrons.